The van der Waals surface area contributed by atoms with Crippen LogP contribution in [0.2, 0.25) is 0 Å². The minimum Gasteiger partial charge on any atom is -0.406 e. The molecule has 4 aromatic rings. The molecular weight excluding hydrogens is 600 g/mol. The van der Waals surface area contributed by atoms with E-state index in [0.29, 0.717) is 28.3 Å². The Labute approximate surface area is 254 Å². The maximum absolute atomic E-state index is 15.4. The topological polar surface area (TPSA) is 102 Å². The number of rotatable bonds is 7. The summed E-state index contributed by atoms with van der Waals surface area (Å²) in [6, 6.07) is 15.4. The van der Waals surface area contributed by atoms with Gasteiger partial charge < -0.3 is 10.1 Å². The summed E-state index contributed by atoms with van der Waals surface area (Å²) in [6.45, 7) is 5.26. The van der Waals surface area contributed by atoms with E-state index in [4.69, 9.17) is 0 Å². The molecule has 0 radical (unpaired) electrons. The first-order chi connectivity index (χ1) is 20.9. The number of halogens is 4. The van der Waals surface area contributed by atoms with E-state index in [1.807, 2.05) is 32.0 Å². The highest BCUT2D eigenvalue weighted by Gasteiger charge is 2.33. The number of aryl methyl sites for hydroxylation is 2. The SMILES string of the molecule is Cc1cccc(C)c1N1C(=O)CSC1=NC(=O)NC(C)C(F)c1ccc(-c2ncn(-c3ccc(OC(F)(F)F)cc3)n2)cc1. The molecule has 0 bridgehead atoms. The average Bonchev–Trinajstić information content (AvgIpc) is 3.60. The minimum absolute atomic E-state index is 0.143. The zero-order chi connectivity index (χ0) is 31.6. The van der Waals surface area contributed by atoms with Gasteiger partial charge in [-0.15, -0.1) is 18.3 Å². The van der Waals surface area contributed by atoms with E-state index < -0.39 is 24.6 Å². The monoisotopic (exact) mass is 626 g/mol. The number of nitrogens with zero attached hydrogens (tertiary/aromatic N) is 5. The number of amidine groups is 1. The van der Waals surface area contributed by atoms with Crippen LogP contribution in [-0.4, -0.2) is 50.0 Å². The highest BCUT2D eigenvalue weighted by Crippen LogP contribution is 2.32. The van der Waals surface area contributed by atoms with E-state index in [-0.39, 0.29) is 22.6 Å². The Kier molecular flexibility index (Phi) is 8.72. The number of alkyl halides is 4. The van der Waals surface area contributed by atoms with Gasteiger partial charge in [0.15, 0.2) is 11.0 Å². The normalized spacial score (nSPS) is 15.8. The number of amides is 3. The van der Waals surface area contributed by atoms with E-state index in [1.165, 1.54) is 47.1 Å². The Morgan fingerprint density at radius 1 is 1.05 bits per heavy atom. The molecule has 14 heteroatoms. The molecule has 1 aromatic heterocycles. The van der Waals surface area contributed by atoms with Crippen molar-refractivity contribution in [3.63, 3.8) is 0 Å². The summed E-state index contributed by atoms with van der Waals surface area (Å²) < 4.78 is 57.8. The molecule has 0 spiro atoms. The van der Waals surface area contributed by atoms with Gasteiger partial charge in [0.2, 0.25) is 5.91 Å². The summed E-state index contributed by atoms with van der Waals surface area (Å²) in [5.74, 6) is -0.0910. The van der Waals surface area contributed by atoms with Gasteiger partial charge in [0, 0.05) is 5.56 Å². The third kappa shape index (κ3) is 6.91. The van der Waals surface area contributed by atoms with Crippen molar-refractivity contribution >= 4 is 34.6 Å². The van der Waals surface area contributed by atoms with Crippen molar-refractivity contribution in [1.29, 1.82) is 0 Å². The van der Waals surface area contributed by atoms with Crippen molar-refractivity contribution in [2.75, 3.05) is 10.7 Å². The summed E-state index contributed by atoms with van der Waals surface area (Å²) in [4.78, 5) is 35.1. The maximum Gasteiger partial charge on any atom is 0.573 e. The van der Waals surface area contributed by atoms with Gasteiger partial charge in [0.1, 0.15) is 18.2 Å². The number of hydrogen-bond acceptors (Lipinski definition) is 6. The number of ether oxygens (including phenoxy) is 1. The van der Waals surface area contributed by atoms with E-state index in [9.17, 15) is 22.8 Å². The summed E-state index contributed by atoms with van der Waals surface area (Å²) >= 11 is 1.14. The Morgan fingerprint density at radius 2 is 1.70 bits per heavy atom. The number of thioether (sulfide) groups is 1. The first-order valence-electron chi connectivity index (χ1n) is 13.3. The van der Waals surface area contributed by atoms with Crippen LogP contribution >= 0.6 is 11.8 Å². The molecule has 5 rings (SSSR count). The lowest BCUT2D eigenvalue weighted by Crippen LogP contribution is -2.36. The zero-order valence-electron chi connectivity index (χ0n) is 23.7. The molecule has 2 heterocycles. The molecule has 3 aromatic carbocycles. The molecule has 3 amide bonds. The molecule has 2 unspecified atom stereocenters. The average molecular weight is 627 g/mol. The maximum atomic E-state index is 15.4. The summed E-state index contributed by atoms with van der Waals surface area (Å²) in [5.41, 5.74) is 3.75. The third-order valence-corrected chi connectivity index (χ3v) is 7.65. The highest BCUT2D eigenvalue weighted by atomic mass is 32.2. The van der Waals surface area contributed by atoms with Crippen LogP contribution in [0, 0.1) is 13.8 Å². The van der Waals surface area contributed by atoms with E-state index in [1.54, 1.807) is 24.3 Å². The lowest BCUT2D eigenvalue weighted by Gasteiger charge is -2.21. The van der Waals surface area contributed by atoms with Gasteiger partial charge in [-0.2, -0.15) is 4.99 Å². The fourth-order valence-corrected chi connectivity index (χ4v) is 5.49. The molecule has 44 heavy (non-hydrogen) atoms. The summed E-state index contributed by atoms with van der Waals surface area (Å²) in [5, 5.41) is 7.13. The quantitative estimate of drug-likeness (QED) is 0.229. The largest absolute Gasteiger partial charge is 0.573 e. The number of benzene rings is 3. The van der Waals surface area contributed by atoms with Gasteiger partial charge in [-0.05, 0) is 61.7 Å². The second-order valence-corrected chi connectivity index (χ2v) is 10.9. The van der Waals surface area contributed by atoms with Crippen molar-refractivity contribution in [2.45, 2.75) is 39.3 Å². The van der Waals surface area contributed by atoms with Crippen LogP contribution in [0.25, 0.3) is 17.1 Å². The first-order valence-corrected chi connectivity index (χ1v) is 14.3. The highest BCUT2D eigenvalue weighted by molar-refractivity contribution is 8.15. The van der Waals surface area contributed by atoms with Crippen molar-refractivity contribution < 1.29 is 31.9 Å². The van der Waals surface area contributed by atoms with Gasteiger partial charge in [-0.3, -0.25) is 9.69 Å². The van der Waals surface area contributed by atoms with Crippen molar-refractivity contribution in [1.82, 2.24) is 20.1 Å². The molecular formula is C30H26F4N6O3S. The van der Waals surface area contributed by atoms with Crippen LogP contribution < -0.4 is 15.0 Å². The van der Waals surface area contributed by atoms with Gasteiger partial charge >= 0.3 is 12.4 Å². The lowest BCUT2D eigenvalue weighted by atomic mass is 10.0. The molecule has 9 nitrogen and oxygen atoms in total. The van der Waals surface area contributed by atoms with Crippen LogP contribution in [0.1, 0.15) is 29.8 Å². The second kappa shape index (κ2) is 12.5. The van der Waals surface area contributed by atoms with Crippen LogP contribution in [0.4, 0.5) is 28.0 Å². The molecule has 1 fully saturated rings. The summed E-state index contributed by atoms with van der Waals surface area (Å²) in [6.07, 6.45) is -4.95. The van der Waals surface area contributed by atoms with E-state index >= 15 is 4.39 Å². The first kappa shape index (κ1) is 30.7. The number of carbonyl (C=O) groups is 2. The van der Waals surface area contributed by atoms with Gasteiger partial charge in [-0.1, -0.05) is 54.2 Å². The van der Waals surface area contributed by atoms with Crippen molar-refractivity contribution in [2.24, 2.45) is 4.99 Å². The number of anilines is 1. The van der Waals surface area contributed by atoms with Crippen LogP contribution in [0.3, 0.4) is 0 Å². The number of nitrogens with one attached hydrogen (secondary N) is 1. The predicted molar refractivity (Wildman–Crippen MR) is 159 cm³/mol. The second-order valence-electron chi connectivity index (χ2n) is 9.97. The van der Waals surface area contributed by atoms with E-state index in [2.05, 4.69) is 25.1 Å². The number of aromatic nitrogens is 3. The van der Waals surface area contributed by atoms with Gasteiger partial charge in [0.25, 0.3) is 0 Å². The van der Waals surface area contributed by atoms with Crippen molar-refractivity contribution in [3.05, 3.63) is 89.7 Å². The van der Waals surface area contributed by atoms with Gasteiger partial charge in [-0.25, -0.2) is 18.9 Å². The van der Waals surface area contributed by atoms with Gasteiger partial charge in [0.05, 0.1) is 23.2 Å². The molecule has 0 aliphatic carbocycles. The Hall–Kier alpha value is -4.72. The standard InChI is InChI=1S/C30H26F4N6O3S/c1-17-5-4-6-18(2)26(17)40-24(41)15-44-29(40)37-28(42)36-19(3)25(31)20-7-9-21(10-8-20)27-35-16-39(38-27)22-11-13-23(14-12-22)43-30(32,33)34/h4-14,16,19,25H,15H2,1-3H3,(H,36,42). The molecule has 1 saturated heterocycles. The van der Waals surface area contributed by atoms with E-state index in [0.717, 1.165) is 22.9 Å². The van der Waals surface area contributed by atoms with Crippen LogP contribution in [-0.2, 0) is 4.79 Å². The molecule has 0 saturated carbocycles. The zero-order valence-corrected chi connectivity index (χ0v) is 24.5. The molecule has 1 N–H and O–H groups in total. The Bertz CT molecular complexity index is 1690. The number of para-hydroxylation sites is 1. The smallest absolute Gasteiger partial charge is 0.406 e. The number of carbonyl (C=O) groups excluding carboxylic acids is 2. The predicted octanol–water partition coefficient (Wildman–Crippen LogP) is 6.69. The summed E-state index contributed by atoms with van der Waals surface area (Å²) in [7, 11) is 0. The fraction of sp³-hybridized carbons (Fsp3) is 0.233. The Balaban J connectivity index is 1.23. The number of aliphatic imine (C=N–C) groups is 1. The number of urea groups is 1. The van der Waals surface area contributed by atoms with Crippen LogP contribution in [0.15, 0.2) is 78.0 Å². The third-order valence-electron chi connectivity index (χ3n) is 6.73. The number of hydrogen-bond donors (Lipinski definition) is 1. The Morgan fingerprint density at radius 3 is 2.34 bits per heavy atom. The fourth-order valence-electron chi connectivity index (χ4n) is 4.64. The molecule has 2 atom stereocenters. The minimum atomic E-state index is -4.79. The molecule has 1 aliphatic heterocycles. The lowest BCUT2D eigenvalue weighted by molar-refractivity contribution is -0.274. The molecule has 1 aliphatic rings. The van der Waals surface area contributed by atoms with Crippen LogP contribution in [0.5, 0.6) is 5.75 Å². The van der Waals surface area contributed by atoms with Crippen molar-refractivity contribution in [3.8, 4) is 22.8 Å². The molecule has 228 valence electrons.